The first-order valence-corrected chi connectivity index (χ1v) is 10.8. The quantitative estimate of drug-likeness (QED) is 0.171. The van der Waals surface area contributed by atoms with Gasteiger partial charge in [-0.15, -0.1) is 0 Å². The number of aryl methyl sites for hydroxylation is 3. The summed E-state index contributed by atoms with van der Waals surface area (Å²) < 4.78 is 0. The fraction of sp³-hybridized carbons (Fsp3) is 0.250. The molecule has 3 N–H and O–H groups in total. The van der Waals surface area contributed by atoms with Crippen LogP contribution in [0.5, 0.6) is 17.2 Å². The van der Waals surface area contributed by atoms with Gasteiger partial charge in [-0.25, -0.2) is 0 Å². The largest absolute Gasteiger partial charge is 0.508 e. The van der Waals surface area contributed by atoms with E-state index in [-0.39, 0.29) is 72.0 Å². The minimum Gasteiger partial charge on any atom is -0.508 e. The molecule has 0 spiro atoms. The number of phenolic OH excluding ortho intramolecular Hbond substituents is 3. The van der Waals surface area contributed by atoms with Gasteiger partial charge in [-0.05, 0) is 54.2 Å². The van der Waals surface area contributed by atoms with Gasteiger partial charge >= 0.3 is 0 Å². The van der Waals surface area contributed by atoms with Crippen LogP contribution in [0.2, 0.25) is 0 Å². The average molecular weight is 666 g/mol. The topological polar surface area (TPSA) is 190 Å². The summed E-state index contributed by atoms with van der Waals surface area (Å²) in [6.07, 6.45) is 2.03. The Morgan fingerprint density at radius 1 is 0.514 bits per heavy atom. The van der Waals surface area contributed by atoms with Crippen molar-refractivity contribution in [2.45, 2.75) is 40.0 Å². The summed E-state index contributed by atoms with van der Waals surface area (Å²) in [6.45, 7) is 5.62. The zero-order chi connectivity index (χ0) is 27.4. The van der Waals surface area contributed by atoms with E-state index in [0.717, 1.165) is 34.9 Å². The number of benzene rings is 3. The van der Waals surface area contributed by atoms with Crippen molar-refractivity contribution in [3.05, 3.63) is 102 Å². The summed E-state index contributed by atoms with van der Waals surface area (Å²) in [7, 11) is 0. The van der Waals surface area contributed by atoms with Crippen LogP contribution in [-0.4, -0.2) is 30.1 Å². The van der Waals surface area contributed by atoms with Crippen molar-refractivity contribution in [2.75, 3.05) is 0 Å². The Labute approximate surface area is 242 Å². The van der Waals surface area contributed by atoms with Crippen LogP contribution in [0.3, 0.4) is 0 Å². The smallest absolute Gasteiger partial charge is 0.273 e. The molecular weight excluding hydrogens is 639 g/mol. The molecule has 0 aliphatic heterocycles. The molecule has 12 nitrogen and oxygen atoms in total. The van der Waals surface area contributed by atoms with Crippen LogP contribution in [-0.2, 0) is 19.3 Å². The standard InChI is InChI=1S/3C8H9NO3.Ho/c3*1-2-6-3-7(9(11)12)5-8(10)4-6;/h3*3-5,10H,2H2,1H3;. The van der Waals surface area contributed by atoms with Crippen molar-refractivity contribution in [2.24, 2.45) is 0 Å². The molecule has 3 rings (SSSR count). The molecule has 0 saturated carbocycles. The van der Waals surface area contributed by atoms with E-state index in [1.807, 2.05) is 20.8 Å². The van der Waals surface area contributed by atoms with Gasteiger partial charge in [-0.1, -0.05) is 20.8 Å². The van der Waals surface area contributed by atoms with Gasteiger partial charge in [0.15, 0.2) is 0 Å². The van der Waals surface area contributed by atoms with Gasteiger partial charge < -0.3 is 15.3 Å². The Hall–Kier alpha value is -3.48. The van der Waals surface area contributed by atoms with Crippen LogP contribution in [0.4, 0.5) is 17.1 Å². The number of nitro groups is 3. The first kappa shape index (κ1) is 33.5. The number of aromatic hydroxyl groups is 3. The van der Waals surface area contributed by atoms with Crippen molar-refractivity contribution < 1.29 is 67.8 Å². The molecule has 0 saturated heterocycles. The Morgan fingerprint density at radius 2 is 0.730 bits per heavy atom. The summed E-state index contributed by atoms with van der Waals surface area (Å²) in [6, 6.07) is 12.4. The molecule has 0 unspecified atom stereocenters. The Morgan fingerprint density at radius 3 is 0.892 bits per heavy atom. The maximum Gasteiger partial charge on any atom is 0.273 e. The maximum atomic E-state index is 10.3. The molecule has 203 valence electrons. The van der Waals surface area contributed by atoms with Gasteiger partial charge in [-0.3, -0.25) is 30.3 Å². The number of rotatable bonds is 6. The fourth-order valence-electron chi connectivity index (χ4n) is 2.90. The molecular formula is C24H27HoN3O9. The zero-order valence-corrected chi connectivity index (χ0v) is 22.2. The third-order valence-corrected chi connectivity index (χ3v) is 4.74. The van der Waals surface area contributed by atoms with Crippen molar-refractivity contribution in [1.82, 2.24) is 0 Å². The van der Waals surface area contributed by atoms with Gasteiger partial charge in [0.05, 0.1) is 33.0 Å². The van der Waals surface area contributed by atoms with Crippen LogP contribution in [0.25, 0.3) is 0 Å². The number of nitro benzene ring substituents is 3. The van der Waals surface area contributed by atoms with E-state index in [0.29, 0.717) is 19.3 Å². The van der Waals surface area contributed by atoms with Crippen molar-refractivity contribution >= 4 is 17.1 Å². The number of non-ortho nitro benzene ring substituents is 3. The third kappa shape index (κ3) is 11.9. The molecule has 0 heterocycles. The molecule has 3 aromatic carbocycles. The molecule has 0 aliphatic rings. The second-order valence-electron chi connectivity index (χ2n) is 7.40. The summed E-state index contributed by atoms with van der Waals surface area (Å²) in [5, 5.41) is 58.2. The second kappa shape index (κ2) is 16.3. The summed E-state index contributed by atoms with van der Waals surface area (Å²) in [5.41, 5.74) is 2.11. The molecule has 0 amide bonds. The van der Waals surface area contributed by atoms with Gasteiger partial charge in [0.25, 0.3) is 17.1 Å². The monoisotopic (exact) mass is 666 g/mol. The SMILES string of the molecule is CCc1cc(O)cc([N+](=O)[O-])c1.CCc1cc(O)cc([N+](=O)[O-])c1.CCc1cc(O)cc([N+](=O)[O-])c1.[Ho]. The molecule has 37 heavy (non-hydrogen) atoms. The third-order valence-electron chi connectivity index (χ3n) is 4.74. The van der Waals surface area contributed by atoms with Gasteiger partial charge in [0.1, 0.15) is 17.2 Å². The molecule has 0 aliphatic carbocycles. The number of nitrogens with zero attached hydrogens (tertiary/aromatic N) is 3. The average Bonchev–Trinajstić information content (AvgIpc) is 2.83. The van der Waals surface area contributed by atoms with E-state index >= 15 is 0 Å². The molecule has 0 atom stereocenters. The van der Waals surface area contributed by atoms with Gasteiger partial charge in [0.2, 0.25) is 0 Å². The second-order valence-corrected chi connectivity index (χ2v) is 7.40. The van der Waals surface area contributed by atoms with Gasteiger partial charge in [0, 0.05) is 55.9 Å². The van der Waals surface area contributed by atoms with Crippen LogP contribution < -0.4 is 0 Å². The van der Waals surface area contributed by atoms with Crippen LogP contribution in [0.1, 0.15) is 37.5 Å². The van der Waals surface area contributed by atoms with Crippen molar-refractivity contribution in [1.29, 1.82) is 0 Å². The zero-order valence-electron chi connectivity index (χ0n) is 20.3. The summed E-state index contributed by atoms with van der Waals surface area (Å²) in [5.74, 6) is -0.164. The van der Waals surface area contributed by atoms with Crippen LogP contribution in [0, 0.1) is 68.1 Å². The predicted octanol–water partition coefficient (Wildman–Crippen LogP) is 5.59. The van der Waals surface area contributed by atoms with E-state index in [9.17, 15) is 30.3 Å². The first-order chi connectivity index (χ1) is 16.9. The minimum atomic E-state index is -0.515. The summed E-state index contributed by atoms with van der Waals surface area (Å²) in [4.78, 5) is 29.4. The van der Waals surface area contributed by atoms with E-state index in [1.165, 1.54) is 36.4 Å². The van der Waals surface area contributed by atoms with Gasteiger partial charge in [-0.2, -0.15) is 0 Å². The van der Waals surface area contributed by atoms with E-state index < -0.39 is 14.8 Å². The first-order valence-electron chi connectivity index (χ1n) is 10.8. The Kier molecular flexibility index (Phi) is 14.8. The molecule has 0 bridgehead atoms. The van der Waals surface area contributed by atoms with Crippen molar-refractivity contribution in [3.8, 4) is 17.2 Å². The molecule has 3 aromatic rings. The molecule has 0 aromatic heterocycles. The number of phenols is 3. The predicted molar refractivity (Wildman–Crippen MR) is 132 cm³/mol. The fourth-order valence-corrected chi connectivity index (χ4v) is 2.90. The molecule has 13 heteroatoms. The minimum absolute atomic E-state index is 0. The Bertz CT molecular complexity index is 1090. The Balaban J connectivity index is 0.000000518. The van der Waals surface area contributed by atoms with Crippen LogP contribution >= 0.6 is 0 Å². The van der Waals surface area contributed by atoms with E-state index in [1.54, 1.807) is 0 Å². The number of hydrogen-bond acceptors (Lipinski definition) is 9. The normalized spacial score (nSPS) is 9.49. The molecule has 0 fully saturated rings. The van der Waals surface area contributed by atoms with Crippen molar-refractivity contribution in [3.63, 3.8) is 0 Å². The summed E-state index contributed by atoms with van der Waals surface area (Å²) >= 11 is 0. The molecule has 1 radical (unpaired) electrons. The maximum absolute atomic E-state index is 10.3. The van der Waals surface area contributed by atoms with Crippen LogP contribution in [0.15, 0.2) is 54.6 Å². The van der Waals surface area contributed by atoms with E-state index in [4.69, 9.17) is 15.3 Å². The van der Waals surface area contributed by atoms with E-state index in [2.05, 4.69) is 0 Å². The number of hydrogen-bond donors (Lipinski definition) is 3.